The maximum absolute atomic E-state index is 12.6. The average Bonchev–Trinajstić information content (AvgIpc) is 2.80. The molecule has 4 rings (SSSR count). The van der Waals surface area contributed by atoms with Crippen molar-refractivity contribution >= 4 is 5.97 Å². The van der Waals surface area contributed by atoms with Gasteiger partial charge in [0.15, 0.2) is 0 Å². The summed E-state index contributed by atoms with van der Waals surface area (Å²) in [4.78, 5) is 12.6. The van der Waals surface area contributed by atoms with Crippen molar-refractivity contribution < 1.29 is 23.0 Å². The highest BCUT2D eigenvalue weighted by atomic mass is 19.3. The zero-order chi connectivity index (χ0) is 22.5. The smallest absolute Gasteiger partial charge is 0.387 e. The largest absolute Gasteiger partial charge is 0.435 e. The topological polar surface area (TPSA) is 35.5 Å². The number of carbonyl (C=O) groups is 1. The maximum atomic E-state index is 12.6. The number of rotatable bonds is 6. The second-order valence-corrected chi connectivity index (χ2v) is 10.1. The number of halogens is 2. The van der Waals surface area contributed by atoms with Crippen LogP contribution in [0.15, 0.2) is 36.4 Å². The SMILES string of the molecule is C/C=C/C1CCC2CC(C3CCC(C(=O)Oc4ccc(OC(F)F)cc4)CC3)CCC2C1. The minimum absolute atomic E-state index is 0.0594. The number of hydrogen-bond acceptors (Lipinski definition) is 3. The molecule has 0 saturated heterocycles. The van der Waals surface area contributed by atoms with Crippen molar-refractivity contribution in [3.8, 4) is 11.5 Å². The van der Waals surface area contributed by atoms with Crippen LogP contribution in [-0.4, -0.2) is 12.6 Å². The van der Waals surface area contributed by atoms with Crippen LogP contribution in [0, 0.1) is 35.5 Å². The fourth-order valence-electron chi connectivity index (χ4n) is 6.55. The summed E-state index contributed by atoms with van der Waals surface area (Å²) in [7, 11) is 0. The molecule has 4 unspecified atom stereocenters. The second kappa shape index (κ2) is 10.8. The van der Waals surface area contributed by atoms with E-state index in [1.165, 1.54) is 62.8 Å². The molecular formula is C27H36F2O3. The van der Waals surface area contributed by atoms with Crippen molar-refractivity contribution in [2.45, 2.75) is 77.7 Å². The lowest BCUT2D eigenvalue weighted by Crippen LogP contribution is -2.35. The number of alkyl halides is 2. The Kier molecular flexibility index (Phi) is 7.85. The van der Waals surface area contributed by atoms with Crippen LogP contribution in [0.5, 0.6) is 11.5 Å². The maximum Gasteiger partial charge on any atom is 0.387 e. The van der Waals surface area contributed by atoms with Gasteiger partial charge in [-0.1, -0.05) is 12.2 Å². The lowest BCUT2D eigenvalue weighted by atomic mass is 9.61. The molecule has 3 aliphatic rings. The first-order valence-electron chi connectivity index (χ1n) is 12.4. The molecule has 0 N–H and O–H groups in total. The van der Waals surface area contributed by atoms with E-state index in [1.54, 1.807) is 0 Å². The zero-order valence-electron chi connectivity index (χ0n) is 19.1. The van der Waals surface area contributed by atoms with Gasteiger partial charge in [-0.2, -0.15) is 8.78 Å². The monoisotopic (exact) mass is 446 g/mol. The summed E-state index contributed by atoms with van der Waals surface area (Å²) < 4.78 is 34.4. The Bertz CT molecular complexity index is 768. The molecule has 0 heterocycles. The fourth-order valence-corrected chi connectivity index (χ4v) is 6.55. The molecule has 0 spiro atoms. The normalized spacial score (nSPS) is 33.1. The Morgan fingerprint density at radius 1 is 0.844 bits per heavy atom. The van der Waals surface area contributed by atoms with Crippen molar-refractivity contribution in [3.05, 3.63) is 36.4 Å². The van der Waals surface area contributed by atoms with Gasteiger partial charge in [-0.15, -0.1) is 0 Å². The molecule has 0 amide bonds. The van der Waals surface area contributed by atoms with E-state index in [0.717, 1.165) is 55.3 Å². The van der Waals surface area contributed by atoms with Crippen molar-refractivity contribution in [3.63, 3.8) is 0 Å². The molecule has 3 fully saturated rings. The van der Waals surface area contributed by atoms with E-state index in [9.17, 15) is 13.6 Å². The van der Waals surface area contributed by atoms with Gasteiger partial charge in [-0.25, -0.2) is 0 Å². The number of fused-ring (bicyclic) bond motifs is 1. The van der Waals surface area contributed by atoms with Gasteiger partial charge < -0.3 is 9.47 Å². The Morgan fingerprint density at radius 2 is 1.41 bits per heavy atom. The molecule has 32 heavy (non-hydrogen) atoms. The van der Waals surface area contributed by atoms with Crippen molar-refractivity contribution in [2.75, 3.05) is 0 Å². The van der Waals surface area contributed by atoms with Crippen LogP contribution in [0.1, 0.15) is 71.1 Å². The average molecular weight is 447 g/mol. The van der Waals surface area contributed by atoms with Crippen LogP contribution < -0.4 is 9.47 Å². The van der Waals surface area contributed by atoms with E-state index in [0.29, 0.717) is 5.75 Å². The van der Waals surface area contributed by atoms with Crippen LogP contribution in [-0.2, 0) is 4.79 Å². The number of esters is 1. The number of allylic oxidation sites excluding steroid dienone is 2. The summed E-state index contributed by atoms with van der Waals surface area (Å²) in [6, 6.07) is 5.80. The Labute approximate surface area is 190 Å². The molecule has 3 aliphatic carbocycles. The molecule has 176 valence electrons. The van der Waals surface area contributed by atoms with E-state index in [1.807, 2.05) is 0 Å². The zero-order valence-corrected chi connectivity index (χ0v) is 19.1. The van der Waals surface area contributed by atoms with Crippen molar-refractivity contribution in [2.24, 2.45) is 35.5 Å². The van der Waals surface area contributed by atoms with Gasteiger partial charge in [0.05, 0.1) is 5.92 Å². The highest BCUT2D eigenvalue weighted by Gasteiger charge is 2.39. The standard InChI is InChI=1S/C27H36F2O3/c1-2-3-18-4-5-23-17-22(11-10-21(23)16-18)19-6-8-20(9-7-19)26(30)31-24-12-14-25(15-13-24)32-27(28)29/h2-3,12-15,18-23,27H,4-11,16-17H2,1H3/b3-2+. The van der Waals surface area contributed by atoms with Gasteiger partial charge in [0, 0.05) is 0 Å². The van der Waals surface area contributed by atoms with Crippen LogP contribution in [0.4, 0.5) is 8.78 Å². The summed E-state index contributed by atoms with van der Waals surface area (Å²) in [5.74, 6) is 4.39. The summed E-state index contributed by atoms with van der Waals surface area (Å²) in [6.07, 6.45) is 16.9. The van der Waals surface area contributed by atoms with Gasteiger partial charge in [0.25, 0.3) is 0 Å². The van der Waals surface area contributed by atoms with E-state index in [2.05, 4.69) is 23.8 Å². The van der Waals surface area contributed by atoms with Gasteiger partial charge >= 0.3 is 12.6 Å². The van der Waals surface area contributed by atoms with Gasteiger partial charge in [-0.05, 0) is 125 Å². The van der Waals surface area contributed by atoms with Gasteiger partial charge in [-0.3, -0.25) is 4.79 Å². The molecule has 1 aromatic carbocycles. The number of hydrogen-bond donors (Lipinski definition) is 0. The minimum atomic E-state index is -2.86. The van der Waals surface area contributed by atoms with Crippen LogP contribution in [0.25, 0.3) is 0 Å². The lowest BCUT2D eigenvalue weighted by molar-refractivity contribution is -0.140. The highest BCUT2D eigenvalue weighted by molar-refractivity contribution is 5.75. The summed E-state index contributed by atoms with van der Waals surface area (Å²) in [5, 5.41) is 0. The first-order chi connectivity index (χ1) is 15.5. The quantitative estimate of drug-likeness (QED) is 0.259. The molecule has 4 atom stereocenters. The molecule has 0 radical (unpaired) electrons. The molecular weight excluding hydrogens is 410 g/mol. The van der Waals surface area contributed by atoms with Crippen LogP contribution >= 0.6 is 0 Å². The summed E-state index contributed by atoms with van der Waals surface area (Å²) in [6.45, 7) is -0.724. The van der Waals surface area contributed by atoms with Gasteiger partial charge in [0.1, 0.15) is 11.5 Å². The van der Waals surface area contributed by atoms with E-state index < -0.39 is 6.61 Å². The Morgan fingerprint density at radius 3 is 2.06 bits per heavy atom. The predicted molar refractivity (Wildman–Crippen MR) is 121 cm³/mol. The predicted octanol–water partition coefficient (Wildman–Crippen LogP) is 7.41. The Balaban J connectivity index is 1.22. The number of ether oxygens (including phenoxy) is 2. The fraction of sp³-hybridized carbons (Fsp3) is 0.667. The highest BCUT2D eigenvalue weighted by Crippen LogP contribution is 2.49. The van der Waals surface area contributed by atoms with Crippen LogP contribution in [0.3, 0.4) is 0 Å². The van der Waals surface area contributed by atoms with Crippen molar-refractivity contribution in [1.82, 2.24) is 0 Å². The summed E-state index contributed by atoms with van der Waals surface area (Å²) >= 11 is 0. The molecule has 0 aliphatic heterocycles. The third-order valence-electron chi connectivity index (χ3n) is 8.20. The molecule has 3 nitrogen and oxygen atoms in total. The third kappa shape index (κ3) is 5.90. The minimum Gasteiger partial charge on any atom is -0.435 e. The first-order valence-corrected chi connectivity index (χ1v) is 12.4. The summed E-state index contributed by atoms with van der Waals surface area (Å²) in [5.41, 5.74) is 0. The number of benzene rings is 1. The van der Waals surface area contributed by atoms with Crippen LogP contribution in [0.2, 0.25) is 0 Å². The van der Waals surface area contributed by atoms with E-state index in [4.69, 9.17) is 4.74 Å². The molecule has 0 aromatic heterocycles. The number of carbonyl (C=O) groups excluding carboxylic acids is 1. The van der Waals surface area contributed by atoms with E-state index >= 15 is 0 Å². The van der Waals surface area contributed by atoms with Gasteiger partial charge in [0.2, 0.25) is 0 Å². The first kappa shape index (κ1) is 23.3. The van der Waals surface area contributed by atoms with E-state index in [-0.39, 0.29) is 17.6 Å². The second-order valence-electron chi connectivity index (χ2n) is 10.1. The molecule has 5 heteroatoms. The molecule has 3 saturated carbocycles. The Hall–Kier alpha value is -1.91. The molecule has 0 bridgehead atoms. The molecule has 1 aromatic rings. The van der Waals surface area contributed by atoms with Crippen molar-refractivity contribution in [1.29, 1.82) is 0 Å². The third-order valence-corrected chi connectivity index (χ3v) is 8.20. The lowest BCUT2D eigenvalue weighted by Gasteiger charge is -2.45.